The van der Waals surface area contributed by atoms with Gasteiger partial charge in [-0.3, -0.25) is 0 Å². The van der Waals surface area contributed by atoms with Crippen molar-refractivity contribution in [2.45, 2.75) is 6.92 Å². The van der Waals surface area contributed by atoms with Crippen molar-refractivity contribution in [3.05, 3.63) is 98.2 Å². The first-order valence-electron chi connectivity index (χ1n) is 10.6. The highest BCUT2D eigenvalue weighted by molar-refractivity contribution is 5.95. The number of esters is 5. The molecule has 10 heteroatoms. The molecule has 0 N–H and O–H groups in total. The second kappa shape index (κ2) is 13.5. The maximum absolute atomic E-state index is 12.8. The topological polar surface area (TPSA) is 132 Å². The van der Waals surface area contributed by atoms with Crippen molar-refractivity contribution in [2.24, 2.45) is 0 Å². The van der Waals surface area contributed by atoms with Crippen molar-refractivity contribution in [3.8, 4) is 28.7 Å². The lowest BCUT2D eigenvalue weighted by molar-refractivity contribution is -0.130. The lowest BCUT2D eigenvalue weighted by atomic mass is 10.1. The number of carbonyl (C=O) groups excluding carboxylic acids is 5. The Labute approximate surface area is 217 Å². The zero-order chi connectivity index (χ0) is 28.2. The normalized spacial score (nSPS) is 10.3. The van der Waals surface area contributed by atoms with Gasteiger partial charge in [0.25, 0.3) is 0 Å². The Hall–Kier alpha value is -5.51. The Morgan fingerprint density at radius 3 is 1.13 bits per heavy atom. The van der Waals surface area contributed by atoms with Crippen molar-refractivity contribution >= 4 is 35.9 Å². The number of carbonyl (C=O) groups is 5. The van der Waals surface area contributed by atoms with Crippen LogP contribution < -0.4 is 23.7 Å². The molecule has 194 valence electrons. The third kappa shape index (κ3) is 8.93. The molecule has 0 aliphatic heterocycles. The Morgan fingerprint density at radius 2 is 0.816 bits per heavy atom. The zero-order valence-corrected chi connectivity index (χ0v) is 20.3. The summed E-state index contributed by atoms with van der Waals surface area (Å²) >= 11 is 0. The average Bonchev–Trinajstić information content (AvgIpc) is 2.87. The molecular weight excluding hydrogens is 496 g/mol. The zero-order valence-electron chi connectivity index (χ0n) is 20.3. The number of rotatable bonds is 11. The summed E-state index contributed by atoms with van der Waals surface area (Å²) in [7, 11) is 0. The maximum Gasteiger partial charge on any atom is 0.339 e. The van der Waals surface area contributed by atoms with Gasteiger partial charge in [0, 0.05) is 54.1 Å². The SMILES string of the molecule is C=CC(=O)Oc1cc(C=C(C)C(=O)Oc2cc(OC(=O)C=C)cc(OC(=O)C=C)c2)cc(OC(=O)C=C)c1. The highest BCUT2D eigenvalue weighted by Gasteiger charge is 2.14. The summed E-state index contributed by atoms with van der Waals surface area (Å²) in [4.78, 5) is 59.2. The van der Waals surface area contributed by atoms with Gasteiger partial charge in [0.05, 0.1) is 0 Å². The molecule has 0 aromatic heterocycles. The highest BCUT2D eigenvalue weighted by Crippen LogP contribution is 2.30. The van der Waals surface area contributed by atoms with Gasteiger partial charge in [-0.15, -0.1) is 0 Å². The largest absolute Gasteiger partial charge is 0.423 e. The van der Waals surface area contributed by atoms with Gasteiger partial charge in [-0.05, 0) is 30.7 Å². The first kappa shape index (κ1) is 28.7. The highest BCUT2D eigenvalue weighted by atomic mass is 16.6. The minimum Gasteiger partial charge on any atom is -0.423 e. The standard InChI is InChI=1S/C28H22O10/c1-6-24(29)34-19-11-18(12-20(13-19)35-25(30)7-2)10-17(5)28(33)38-23-15-21(36-26(31)8-3)14-22(16-23)37-27(32)9-4/h6-16H,1-4H2,5H3. The number of benzene rings is 2. The van der Waals surface area contributed by atoms with E-state index in [1.807, 2.05) is 0 Å². The third-order valence-corrected chi connectivity index (χ3v) is 4.21. The Morgan fingerprint density at radius 1 is 0.526 bits per heavy atom. The van der Waals surface area contributed by atoms with Crippen molar-refractivity contribution in [1.29, 1.82) is 0 Å². The lowest BCUT2D eigenvalue weighted by Crippen LogP contribution is -2.11. The van der Waals surface area contributed by atoms with Gasteiger partial charge in [0.2, 0.25) is 0 Å². The van der Waals surface area contributed by atoms with Crippen LogP contribution in [0.3, 0.4) is 0 Å². The Balaban J connectivity index is 2.38. The van der Waals surface area contributed by atoms with Crippen LogP contribution in [-0.2, 0) is 24.0 Å². The summed E-state index contributed by atoms with van der Waals surface area (Å²) in [6, 6.07) is 7.78. The fraction of sp³-hybridized carbons (Fsp3) is 0.0357. The van der Waals surface area contributed by atoms with Crippen LogP contribution in [0.15, 0.2) is 92.6 Å². The van der Waals surface area contributed by atoms with E-state index in [0.29, 0.717) is 5.56 Å². The van der Waals surface area contributed by atoms with Crippen molar-refractivity contribution in [2.75, 3.05) is 0 Å². The lowest BCUT2D eigenvalue weighted by Gasteiger charge is -2.11. The predicted molar refractivity (Wildman–Crippen MR) is 135 cm³/mol. The van der Waals surface area contributed by atoms with Gasteiger partial charge in [0.1, 0.15) is 28.7 Å². The monoisotopic (exact) mass is 518 g/mol. The minimum absolute atomic E-state index is 0.0158. The molecule has 0 bridgehead atoms. The van der Waals surface area contributed by atoms with Gasteiger partial charge in [-0.1, -0.05) is 26.3 Å². The summed E-state index contributed by atoms with van der Waals surface area (Å²) in [5, 5.41) is 0. The molecule has 10 nitrogen and oxygen atoms in total. The summed E-state index contributed by atoms with van der Waals surface area (Å²) < 4.78 is 25.6. The molecule has 0 saturated carbocycles. The quantitative estimate of drug-likeness (QED) is 0.244. The Bertz CT molecular complexity index is 1280. The van der Waals surface area contributed by atoms with Gasteiger partial charge < -0.3 is 23.7 Å². The summed E-state index contributed by atoms with van der Waals surface area (Å²) in [6.45, 7) is 14.7. The molecule has 0 aliphatic rings. The first-order valence-corrected chi connectivity index (χ1v) is 10.6. The summed E-state index contributed by atoms with van der Waals surface area (Å²) in [5.41, 5.74) is 0.381. The molecule has 0 unspecified atom stereocenters. The van der Waals surface area contributed by atoms with Gasteiger partial charge in [-0.25, -0.2) is 24.0 Å². The van der Waals surface area contributed by atoms with Crippen LogP contribution >= 0.6 is 0 Å². The predicted octanol–water partition coefficient (Wildman–Crippen LogP) is 4.06. The van der Waals surface area contributed by atoms with E-state index < -0.39 is 29.8 Å². The molecule has 2 rings (SSSR count). The van der Waals surface area contributed by atoms with E-state index in [1.54, 1.807) is 0 Å². The fourth-order valence-corrected chi connectivity index (χ4v) is 2.65. The molecule has 0 saturated heterocycles. The molecule has 2 aromatic rings. The van der Waals surface area contributed by atoms with E-state index in [9.17, 15) is 24.0 Å². The minimum atomic E-state index is -0.837. The maximum atomic E-state index is 12.8. The average molecular weight is 518 g/mol. The van der Waals surface area contributed by atoms with Crippen LogP contribution in [0.4, 0.5) is 0 Å². The number of hydrogen-bond acceptors (Lipinski definition) is 10. The van der Waals surface area contributed by atoms with Gasteiger partial charge >= 0.3 is 29.8 Å². The molecule has 0 radical (unpaired) electrons. The summed E-state index contributed by atoms with van der Waals surface area (Å²) in [5.74, 6) is -4.19. The molecule has 0 aliphatic carbocycles. The van der Waals surface area contributed by atoms with Crippen LogP contribution in [0.1, 0.15) is 12.5 Å². The van der Waals surface area contributed by atoms with E-state index in [-0.39, 0.29) is 34.3 Å². The second-order valence-corrected chi connectivity index (χ2v) is 7.10. The van der Waals surface area contributed by atoms with Crippen molar-refractivity contribution < 1.29 is 47.7 Å². The van der Waals surface area contributed by atoms with Gasteiger partial charge in [-0.2, -0.15) is 0 Å². The van der Waals surface area contributed by atoms with Crippen LogP contribution in [0.25, 0.3) is 6.08 Å². The van der Waals surface area contributed by atoms with Crippen LogP contribution in [0.5, 0.6) is 28.7 Å². The fourth-order valence-electron chi connectivity index (χ4n) is 2.65. The number of hydrogen-bond donors (Lipinski definition) is 0. The van der Waals surface area contributed by atoms with Crippen molar-refractivity contribution in [3.63, 3.8) is 0 Å². The molecule has 38 heavy (non-hydrogen) atoms. The van der Waals surface area contributed by atoms with E-state index in [0.717, 1.165) is 24.3 Å². The second-order valence-electron chi connectivity index (χ2n) is 7.10. The van der Waals surface area contributed by atoms with Crippen molar-refractivity contribution in [1.82, 2.24) is 0 Å². The molecule has 0 amide bonds. The number of ether oxygens (including phenoxy) is 5. The smallest absolute Gasteiger partial charge is 0.339 e. The molecule has 2 aromatic carbocycles. The van der Waals surface area contributed by atoms with E-state index in [4.69, 9.17) is 23.7 Å². The Kier molecular flexibility index (Phi) is 10.2. The van der Waals surface area contributed by atoms with Crippen LogP contribution in [-0.4, -0.2) is 29.8 Å². The third-order valence-electron chi connectivity index (χ3n) is 4.21. The summed E-state index contributed by atoms with van der Waals surface area (Å²) in [6.07, 6.45) is 5.10. The van der Waals surface area contributed by atoms with E-state index in [2.05, 4.69) is 26.3 Å². The molecule has 0 heterocycles. The van der Waals surface area contributed by atoms with Crippen LogP contribution in [0.2, 0.25) is 0 Å². The molecule has 0 spiro atoms. The molecular formula is C28H22O10. The first-order chi connectivity index (χ1) is 18.1. The molecule has 0 atom stereocenters. The van der Waals surface area contributed by atoms with Crippen LogP contribution in [0, 0.1) is 0 Å². The van der Waals surface area contributed by atoms with E-state index >= 15 is 0 Å². The van der Waals surface area contributed by atoms with Gasteiger partial charge in [0.15, 0.2) is 0 Å². The molecule has 0 fully saturated rings. The van der Waals surface area contributed by atoms with E-state index in [1.165, 1.54) is 49.4 Å².